The maximum atomic E-state index is 12.5. The molecule has 1 aromatic rings. The lowest BCUT2D eigenvalue weighted by Gasteiger charge is -2.37. The van der Waals surface area contributed by atoms with Gasteiger partial charge in [0, 0.05) is 18.2 Å². The topological polar surface area (TPSA) is 87.2 Å². The van der Waals surface area contributed by atoms with E-state index in [4.69, 9.17) is 11.0 Å². The third-order valence-electron chi connectivity index (χ3n) is 3.81. The summed E-state index contributed by atoms with van der Waals surface area (Å²) in [5.74, 6) is -0.740. The Bertz CT molecular complexity index is 559. The molecule has 104 valence electrons. The Morgan fingerprint density at radius 3 is 2.50 bits per heavy atom. The third kappa shape index (κ3) is 2.80. The summed E-state index contributed by atoms with van der Waals surface area (Å²) in [5, 5.41) is 8.76. The van der Waals surface area contributed by atoms with E-state index >= 15 is 0 Å². The van der Waals surface area contributed by atoms with Crippen LogP contribution in [0, 0.1) is 17.2 Å². The van der Waals surface area contributed by atoms with E-state index in [0.717, 1.165) is 12.8 Å². The highest BCUT2D eigenvalue weighted by Gasteiger charge is 2.31. The standard InChI is InChI=1S/C15H17N3O2/c1-10-2-5-13(14(17)19)9-18(10)15(20)12-6-3-11(8-16)4-7-12/h3-4,6-7,10,13H,2,5,9H2,1H3,(H2,17,19). The van der Waals surface area contributed by atoms with Crippen LogP contribution in [0.3, 0.4) is 0 Å². The Balaban J connectivity index is 2.17. The number of amides is 2. The second kappa shape index (κ2) is 5.74. The first-order valence-electron chi connectivity index (χ1n) is 6.63. The molecule has 1 aromatic carbocycles. The summed E-state index contributed by atoms with van der Waals surface area (Å²) in [6, 6.07) is 8.63. The van der Waals surface area contributed by atoms with Crippen LogP contribution in [-0.2, 0) is 4.79 Å². The van der Waals surface area contributed by atoms with Gasteiger partial charge in [0.05, 0.1) is 17.6 Å². The number of nitrogens with two attached hydrogens (primary N) is 1. The predicted molar refractivity (Wildman–Crippen MR) is 73.6 cm³/mol. The molecule has 0 radical (unpaired) electrons. The van der Waals surface area contributed by atoms with Gasteiger partial charge in [0.25, 0.3) is 5.91 Å². The van der Waals surface area contributed by atoms with Crippen molar-refractivity contribution in [3.05, 3.63) is 35.4 Å². The van der Waals surface area contributed by atoms with Crippen LogP contribution in [0.15, 0.2) is 24.3 Å². The quantitative estimate of drug-likeness (QED) is 0.879. The smallest absolute Gasteiger partial charge is 0.254 e. The van der Waals surface area contributed by atoms with E-state index in [9.17, 15) is 9.59 Å². The van der Waals surface area contributed by atoms with E-state index in [1.54, 1.807) is 29.2 Å². The minimum absolute atomic E-state index is 0.0914. The number of hydrogen-bond donors (Lipinski definition) is 1. The largest absolute Gasteiger partial charge is 0.369 e. The number of benzene rings is 1. The zero-order valence-electron chi connectivity index (χ0n) is 11.4. The highest BCUT2D eigenvalue weighted by atomic mass is 16.2. The van der Waals surface area contributed by atoms with E-state index in [1.807, 2.05) is 13.0 Å². The van der Waals surface area contributed by atoms with Gasteiger partial charge in [0.2, 0.25) is 5.91 Å². The molecule has 0 bridgehead atoms. The molecule has 1 heterocycles. The molecule has 1 fully saturated rings. The minimum atomic E-state index is -0.352. The van der Waals surface area contributed by atoms with Crippen LogP contribution >= 0.6 is 0 Å². The summed E-state index contributed by atoms with van der Waals surface area (Å²) < 4.78 is 0. The molecule has 2 unspecified atom stereocenters. The fourth-order valence-electron chi connectivity index (χ4n) is 2.48. The molecule has 0 saturated carbocycles. The summed E-state index contributed by atoms with van der Waals surface area (Å²) >= 11 is 0. The molecule has 5 nitrogen and oxygen atoms in total. The van der Waals surface area contributed by atoms with Gasteiger partial charge in [-0.15, -0.1) is 0 Å². The van der Waals surface area contributed by atoms with E-state index in [0.29, 0.717) is 17.7 Å². The molecule has 1 saturated heterocycles. The highest BCUT2D eigenvalue weighted by molar-refractivity contribution is 5.95. The van der Waals surface area contributed by atoms with Crippen molar-refractivity contribution in [2.24, 2.45) is 11.7 Å². The number of nitrogens with zero attached hydrogens (tertiary/aromatic N) is 2. The number of carbonyl (C=O) groups is 2. The number of piperidine rings is 1. The van der Waals surface area contributed by atoms with E-state index in [1.165, 1.54) is 0 Å². The van der Waals surface area contributed by atoms with Gasteiger partial charge >= 0.3 is 0 Å². The van der Waals surface area contributed by atoms with Gasteiger partial charge in [-0.05, 0) is 44.0 Å². The fraction of sp³-hybridized carbons (Fsp3) is 0.400. The third-order valence-corrected chi connectivity index (χ3v) is 3.81. The van der Waals surface area contributed by atoms with Crippen LogP contribution in [0.2, 0.25) is 0 Å². The van der Waals surface area contributed by atoms with Gasteiger partial charge in [0.1, 0.15) is 0 Å². The maximum absolute atomic E-state index is 12.5. The first-order chi connectivity index (χ1) is 9.52. The number of carbonyl (C=O) groups excluding carboxylic acids is 2. The lowest BCUT2D eigenvalue weighted by atomic mass is 9.92. The number of primary amides is 1. The van der Waals surface area contributed by atoms with Gasteiger partial charge in [-0.3, -0.25) is 9.59 Å². The van der Waals surface area contributed by atoms with Crippen molar-refractivity contribution in [2.75, 3.05) is 6.54 Å². The van der Waals surface area contributed by atoms with Crippen LogP contribution in [0.25, 0.3) is 0 Å². The summed E-state index contributed by atoms with van der Waals surface area (Å²) in [4.78, 5) is 25.5. The second-order valence-electron chi connectivity index (χ2n) is 5.17. The molecule has 0 spiro atoms. The number of nitriles is 1. The average Bonchev–Trinajstić information content (AvgIpc) is 2.47. The molecular weight excluding hydrogens is 254 g/mol. The van der Waals surface area contributed by atoms with Crippen LogP contribution in [-0.4, -0.2) is 29.3 Å². The fourth-order valence-corrected chi connectivity index (χ4v) is 2.48. The average molecular weight is 271 g/mol. The maximum Gasteiger partial charge on any atom is 0.254 e. The molecule has 2 rings (SSSR count). The van der Waals surface area contributed by atoms with Crippen molar-refractivity contribution in [3.8, 4) is 6.07 Å². The van der Waals surface area contributed by atoms with E-state index < -0.39 is 0 Å². The number of likely N-dealkylation sites (tertiary alicyclic amines) is 1. The first-order valence-corrected chi connectivity index (χ1v) is 6.63. The van der Waals surface area contributed by atoms with E-state index in [2.05, 4.69) is 0 Å². The lowest BCUT2D eigenvalue weighted by Crippen LogP contribution is -2.48. The van der Waals surface area contributed by atoms with Crippen molar-refractivity contribution in [1.82, 2.24) is 4.90 Å². The van der Waals surface area contributed by atoms with Crippen molar-refractivity contribution >= 4 is 11.8 Å². The van der Waals surface area contributed by atoms with Crippen LogP contribution in [0.1, 0.15) is 35.7 Å². The van der Waals surface area contributed by atoms with Gasteiger partial charge in [0.15, 0.2) is 0 Å². The molecule has 5 heteroatoms. The van der Waals surface area contributed by atoms with Gasteiger partial charge < -0.3 is 10.6 Å². The van der Waals surface area contributed by atoms with Gasteiger partial charge in [-0.2, -0.15) is 5.26 Å². The van der Waals surface area contributed by atoms with Crippen molar-refractivity contribution in [2.45, 2.75) is 25.8 Å². The molecule has 2 N–H and O–H groups in total. The Hall–Kier alpha value is -2.35. The molecule has 20 heavy (non-hydrogen) atoms. The molecule has 2 amide bonds. The Morgan fingerprint density at radius 1 is 1.30 bits per heavy atom. The van der Waals surface area contributed by atoms with Crippen LogP contribution in [0.4, 0.5) is 0 Å². The number of hydrogen-bond acceptors (Lipinski definition) is 3. The molecular formula is C15H17N3O2. The number of rotatable bonds is 2. The Labute approximate surface area is 118 Å². The Morgan fingerprint density at radius 2 is 1.95 bits per heavy atom. The summed E-state index contributed by atoms with van der Waals surface area (Å²) in [7, 11) is 0. The van der Waals surface area contributed by atoms with Crippen molar-refractivity contribution in [3.63, 3.8) is 0 Å². The molecule has 0 aliphatic carbocycles. The summed E-state index contributed by atoms with van der Waals surface area (Å²) in [5.41, 5.74) is 6.38. The van der Waals surface area contributed by atoms with Gasteiger partial charge in [-0.1, -0.05) is 0 Å². The van der Waals surface area contributed by atoms with E-state index in [-0.39, 0.29) is 23.8 Å². The monoisotopic (exact) mass is 271 g/mol. The van der Waals surface area contributed by atoms with Crippen LogP contribution < -0.4 is 5.73 Å². The van der Waals surface area contributed by atoms with Crippen molar-refractivity contribution < 1.29 is 9.59 Å². The van der Waals surface area contributed by atoms with Crippen molar-refractivity contribution in [1.29, 1.82) is 5.26 Å². The van der Waals surface area contributed by atoms with Gasteiger partial charge in [-0.25, -0.2) is 0 Å². The molecule has 1 aliphatic rings. The zero-order chi connectivity index (χ0) is 14.7. The lowest BCUT2D eigenvalue weighted by molar-refractivity contribution is -0.123. The molecule has 1 aliphatic heterocycles. The SMILES string of the molecule is CC1CCC(C(N)=O)CN1C(=O)c1ccc(C#N)cc1. The minimum Gasteiger partial charge on any atom is -0.369 e. The summed E-state index contributed by atoms with van der Waals surface area (Å²) in [6.45, 7) is 2.34. The first kappa shape index (κ1) is 14.1. The highest BCUT2D eigenvalue weighted by Crippen LogP contribution is 2.23. The predicted octanol–water partition coefficient (Wildman–Crippen LogP) is 1.28. The second-order valence-corrected chi connectivity index (χ2v) is 5.17. The zero-order valence-corrected chi connectivity index (χ0v) is 11.4. The normalized spacial score (nSPS) is 22.1. The summed E-state index contributed by atoms with van der Waals surface area (Å²) in [6.07, 6.45) is 1.50. The van der Waals surface area contributed by atoms with Crippen LogP contribution in [0.5, 0.6) is 0 Å². The Kier molecular flexibility index (Phi) is 4.04. The molecule has 2 atom stereocenters. The molecule has 0 aromatic heterocycles.